The van der Waals surface area contributed by atoms with Crippen molar-refractivity contribution in [2.45, 2.75) is 6.54 Å². The molecule has 13 heavy (non-hydrogen) atoms. The lowest BCUT2D eigenvalue weighted by atomic mass is 10.2. The first-order valence-corrected chi connectivity index (χ1v) is 3.62. The molecular formula is C8H10FNO3. The quantitative estimate of drug-likeness (QED) is 0.485. The first kappa shape index (κ1) is 9.76. The second-order valence-electron chi connectivity index (χ2n) is 2.42. The number of phenolic OH excluding ortho intramolecular Hbond substituents is 2. The second kappa shape index (κ2) is 4.06. The molecule has 1 rings (SSSR count). The van der Waals surface area contributed by atoms with Crippen LogP contribution in [-0.4, -0.2) is 17.3 Å². The molecule has 0 spiro atoms. The lowest BCUT2D eigenvalue weighted by Gasteiger charge is -2.07. The van der Waals surface area contributed by atoms with Gasteiger partial charge in [-0.15, -0.1) is 0 Å². The fourth-order valence-corrected chi connectivity index (χ4v) is 0.912. The van der Waals surface area contributed by atoms with Gasteiger partial charge >= 0.3 is 0 Å². The van der Waals surface area contributed by atoms with Gasteiger partial charge in [0, 0.05) is 5.56 Å². The monoisotopic (exact) mass is 187 g/mol. The van der Waals surface area contributed by atoms with Crippen molar-refractivity contribution in [2.24, 2.45) is 0 Å². The molecule has 0 radical (unpaired) electrons. The summed E-state index contributed by atoms with van der Waals surface area (Å²) >= 11 is 0. The highest BCUT2D eigenvalue weighted by atomic mass is 19.1. The van der Waals surface area contributed by atoms with E-state index in [0.717, 1.165) is 12.1 Å². The Bertz CT molecular complexity index is 304. The van der Waals surface area contributed by atoms with E-state index in [4.69, 9.17) is 5.11 Å². The molecule has 1 aromatic rings. The van der Waals surface area contributed by atoms with E-state index in [0.29, 0.717) is 0 Å². The number of hydrogen-bond acceptors (Lipinski definition) is 4. The molecule has 0 aliphatic carbocycles. The Kier molecular flexibility index (Phi) is 3.05. The summed E-state index contributed by atoms with van der Waals surface area (Å²) in [7, 11) is 1.37. The fourth-order valence-electron chi connectivity index (χ4n) is 0.912. The van der Waals surface area contributed by atoms with Crippen LogP contribution in [0.4, 0.5) is 4.39 Å². The summed E-state index contributed by atoms with van der Waals surface area (Å²) in [5.74, 6) is -1.42. The molecule has 0 aliphatic heterocycles. The number of aromatic hydroxyl groups is 2. The molecule has 0 bridgehead atoms. The molecule has 0 atom stereocenters. The molecule has 72 valence electrons. The van der Waals surface area contributed by atoms with Gasteiger partial charge in [0.1, 0.15) is 5.82 Å². The van der Waals surface area contributed by atoms with Crippen molar-refractivity contribution in [3.8, 4) is 11.5 Å². The van der Waals surface area contributed by atoms with Crippen LogP contribution in [0, 0.1) is 5.82 Å². The number of rotatable bonds is 3. The van der Waals surface area contributed by atoms with Crippen molar-refractivity contribution < 1.29 is 19.4 Å². The molecule has 0 saturated heterocycles. The average molecular weight is 187 g/mol. The summed E-state index contributed by atoms with van der Waals surface area (Å²) in [6, 6.07) is 2.16. The van der Waals surface area contributed by atoms with Crippen LogP contribution in [0.3, 0.4) is 0 Å². The fraction of sp³-hybridized carbons (Fsp3) is 0.250. The minimum absolute atomic E-state index is 0.0113. The highest BCUT2D eigenvalue weighted by Gasteiger charge is 2.11. The zero-order chi connectivity index (χ0) is 9.84. The summed E-state index contributed by atoms with van der Waals surface area (Å²) in [5.41, 5.74) is 2.34. The van der Waals surface area contributed by atoms with E-state index in [1.807, 2.05) is 0 Å². The van der Waals surface area contributed by atoms with E-state index >= 15 is 0 Å². The van der Waals surface area contributed by atoms with E-state index in [2.05, 4.69) is 10.3 Å². The van der Waals surface area contributed by atoms with Gasteiger partial charge in [-0.3, -0.25) is 0 Å². The van der Waals surface area contributed by atoms with Crippen molar-refractivity contribution in [3.05, 3.63) is 23.5 Å². The molecule has 0 unspecified atom stereocenters. The molecule has 0 amide bonds. The van der Waals surface area contributed by atoms with Gasteiger partial charge < -0.3 is 15.1 Å². The minimum atomic E-state index is -0.597. The highest BCUT2D eigenvalue weighted by molar-refractivity contribution is 5.44. The molecule has 5 heteroatoms. The first-order chi connectivity index (χ1) is 6.16. The van der Waals surface area contributed by atoms with Crippen LogP contribution in [0.1, 0.15) is 5.56 Å². The van der Waals surface area contributed by atoms with Gasteiger partial charge in [-0.2, -0.15) is 5.48 Å². The van der Waals surface area contributed by atoms with E-state index in [1.165, 1.54) is 7.11 Å². The Morgan fingerprint density at radius 1 is 1.46 bits per heavy atom. The van der Waals surface area contributed by atoms with Gasteiger partial charge in [0.25, 0.3) is 0 Å². The predicted molar refractivity (Wildman–Crippen MR) is 43.6 cm³/mol. The molecule has 0 saturated carbocycles. The highest BCUT2D eigenvalue weighted by Crippen LogP contribution is 2.30. The number of phenols is 2. The number of benzene rings is 1. The van der Waals surface area contributed by atoms with Gasteiger partial charge in [-0.1, -0.05) is 0 Å². The molecular weight excluding hydrogens is 177 g/mol. The summed E-state index contributed by atoms with van der Waals surface area (Å²) < 4.78 is 13.0. The summed E-state index contributed by atoms with van der Waals surface area (Å²) in [6.07, 6.45) is 0. The van der Waals surface area contributed by atoms with Gasteiger partial charge in [-0.05, 0) is 12.1 Å². The molecule has 0 fully saturated rings. The van der Waals surface area contributed by atoms with E-state index in [-0.39, 0.29) is 17.9 Å². The smallest absolute Gasteiger partial charge is 0.165 e. The van der Waals surface area contributed by atoms with Gasteiger partial charge in [-0.25, -0.2) is 4.39 Å². The maximum absolute atomic E-state index is 13.0. The Morgan fingerprint density at radius 2 is 2.15 bits per heavy atom. The Morgan fingerprint density at radius 3 is 2.77 bits per heavy atom. The number of halogens is 1. The zero-order valence-electron chi connectivity index (χ0n) is 7.04. The second-order valence-corrected chi connectivity index (χ2v) is 2.42. The maximum Gasteiger partial charge on any atom is 0.165 e. The van der Waals surface area contributed by atoms with Crippen molar-refractivity contribution in [1.29, 1.82) is 0 Å². The lowest BCUT2D eigenvalue weighted by Crippen LogP contribution is -2.12. The Hall–Kier alpha value is -1.33. The molecule has 3 N–H and O–H groups in total. The summed E-state index contributed by atoms with van der Waals surface area (Å²) in [6.45, 7) is -0.0113. The summed E-state index contributed by atoms with van der Waals surface area (Å²) in [4.78, 5) is 4.49. The number of hydrogen-bond donors (Lipinski definition) is 3. The first-order valence-electron chi connectivity index (χ1n) is 3.62. The van der Waals surface area contributed by atoms with Crippen molar-refractivity contribution in [1.82, 2.24) is 5.48 Å². The third kappa shape index (κ3) is 2.07. The van der Waals surface area contributed by atoms with Gasteiger partial charge in [0.15, 0.2) is 11.5 Å². The topological polar surface area (TPSA) is 61.7 Å². The van der Waals surface area contributed by atoms with E-state index < -0.39 is 11.6 Å². The number of hydroxylamine groups is 1. The van der Waals surface area contributed by atoms with Crippen molar-refractivity contribution in [3.63, 3.8) is 0 Å². The number of nitrogens with one attached hydrogen (secondary N) is 1. The molecule has 0 aliphatic rings. The minimum Gasteiger partial charge on any atom is -0.504 e. The van der Waals surface area contributed by atoms with Crippen LogP contribution in [0.15, 0.2) is 12.1 Å². The Balaban J connectivity index is 2.96. The SMILES string of the molecule is CONCc1c(F)ccc(O)c1O. The largest absolute Gasteiger partial charge is 0.504 e. The lowest BCUT2D eigenvalue weighted by molar-refractivity contribution is 0.0852. The zero-order valence-corrected chi connectivity index (χ0v) is 7.04. The Labute approximate surface area is 74.5 Å². The van der Waals surface area contributed by atoms with Gasteiger partial charge in [0.05, 0.1) is 13.7 Å². The van der Waals surface area contributed by atoms with Crippen LogP contribution < -0.4 is 5.48 Å². The molecule has 1 aromatic carbocycles. The van der Waals surface area contributed by atoms with E-state index in [1.54, 1.807) is 0 Å². The predicted octanol–water partition coefficient (Wildman–Crippen LogP) is 0.888. The molecule has 0 heterocycles. The van der Waals surface area contributed by atoms with E-state index in [9.17, 15) is 9.50 Å². The van der Waals surface area contributed by atoms with Gasteiger partial charge in [0.2, 0.25) is 0 Å². The van der Waals surface area contributed by atoms with Crippen LogP contribution in [0.25, 0.3) is 0 Å². The summed E-state index contributed by atoms with van der Waals surface area (Å²) in [5, 5.41) is 18.3. The van der Waals surface area contributed by atoms with Crippen LogP contribution in [0.2, 0.25) is 0 Å². The standard InChI is InChI=1S/C8H10FNO3/c1-13-10-4-5-6(9)2-3-7(11)8(5)12/h2-3,10-12H,4H2,1H3. The van der Waals surface area contributed by atoms with Crippen molar-refractivity contribution >= 4 is 0 Å². The third-order valence-corrected chi connectivity index (χ3v) is 1.60. The van der Waals surface area contributed by atoms with Crippen LogP contribution in [0.5, 0.6) is 11.5 Å². The molecule has 4 nitrogen and oxygen atoms in total. The van der Waals surface area contributed by atoms with Crippen LogP contribution in [-0.2, 0) is 11.4 Å². The van der Waals surface area contributed by atoms with Crippen LogP contribution >= 0.6 is 0 Å². The maximum atomic E-state index is 13.0. The normalized spacial score (nSPS) is 10.3. The average Bonchev–Trinajstić information content (AvgIpc) is 2.12. The molecule has 0 aromatic heterocycles. The van der Waals surface area contributed by atoms with Crippen molar-refractivity contribution in [2.75, 3.05) is 7.11 Å². The third-order valence-electron chi connectivity index (χ3n) is 1.60.